The van der Waals surface area contributed by atoms with Crippen LogP contribution in [0.3, 0.4) is 0 Å². The topological polar surface area (TPSA) is 74.5 Å². The predicted octanol–water partition coefficient (Wildman–Crippen LogP) is 2.78. The van der Waals surface area contributed by atoms with Gasteiger partial charge >= 0.3 is 0 Å². The molecule has 1 fully saturated rings. The molecule has 4 rings (SSSR count). The first-order valence-electron chi connectivity index (χ1n) is 8.53. The van der Waals surface area contributed by atoms with Gasteiger partial charge in [-0.3, -0.25) is 4.79 Å². The van der Waals surface area contributed by atoms with E-state index in [1.54, 1.807) is 17.0 Å². The molecular formula is C19H19N5O2. The summed E-state index contributed by atoms with van der Waals surface area (Å²) < 4.78 is 5.19. The van der Waals surface area contributed by atoms with Crippen molar-refractivity contribution in [2.45, 2.75) is 0 Å². The molecule has 132 valence electrons. The van der Waals surface area contributed by atoms with E-state index in [2.05, 4.69) is 20.4 Å². The van der Waals surface area contributed by atoms with Gasteiger partial charge < -0.3 is 19.5 Å². The first-order valence-corrected chi connectivity index (χ1v) is 8.53. The van der Waals surface area contributed by atoms with E-state index in [1.165, 1.54) is 6.26 Å². The Morgan fingerprint density at radius 1 is 0.923 bits per heavy atom. The van der Waals surface area contributed by atoms with Crippen LogP contribution in [0.2, 0.25) is 0 Å². The minimum Gasteiger partial charge on any atom is -0.459 e. The van der Waals surface area contributed by atoms with Gasteiger partial charge in [-0.2, -0.15) is 0 Å². The van der Waals surface area contributed by atoms with Gasteiger partial charge in [0, 0.05) is 31.9 Å². The summed E-state index contributed by atoms with van der Waals surface area (Å²) in [5.41, 5.74) is 0.972. The van der Waals surface area contributed by atoms with Crippen LogP contribution >= 0.6 is 0 Å². The molecule has 7 heteroatoms. The number of hydrogen-bond donors (Lipinski definition) is 1. The molecule has 1 aliphatic heterocycles. The van der Waals surface area contributed by atoms with E-state index in [-0.39, 0.29) is 5.91 Å². The van der Waals surface area contributed by atoms with Crippen molar-refractivity contribution in [3.63, 3.8) is 0 Å². The monoisotopic (exact) mass is 349 g/mol. The number of benzene rings is 1. The molecule has 0 bridgehead atoms. The number of para-hydroxylation sites is 1. The number of hydrogen-bond acceptors (Lipinski definition) is 6. The third-order valence-electron chi connectivity index (χ3n) is 4.32. The summed E-state index contributed by atoms with van der Waals surface area (Å²) in [4.78, 5) is 16.2. The second-order valence-corrected chi connectivity index (χ2v) is 6.02. The molecule has 0 saturated carbocycles. The molecule has 0 aliphatic carbocycles. The Labute approximate surface area is 151 Å². The van der Waals surface area contributed by atoms with Gasteiger partial charge in [-0.25, -0.2) is 0 Å². The third-order valence-corrected chi connectivity index (χ3v) is 4.32. The number of nitrogens with zero attached hydrogens (tertiary/aromatic N) is 4. The Morgan fingerprint density at radius 2 is 1.73 bits per heavy atom. The molecule has 1 aromatic carbocycles. The Kier molecular flexibility index (Phi) is 4.51. The first kappa shape index (κ1) is 16.1. The molecule has 1 aliphatic rings. The summed E-state index contributed by atoms with van der Waals surface area (Å²) in [7, 11) is 0. The second-order valence-electron chi connectivity index (χ2n) is 6.02. The van der Waals surface area contributed by atoms with Gasteiger partial charge in [0.2, 0.25) is 0 Å². The zero-order valence-corrected chi connectivity index (χ0v) is 14.2. The van der Waals surface area contributed by atoms with Crippen molar-refractivity contribution in [1.82, 2.24) is 15.1 Å². The van der Waals surface area contributed by atoms with Crippen LogP contribution in [-0.2, 0) is 0 Å². The highest BCUT2D eigenvalue weighted by Crippen LogP contribution is 2.18. The largest absolute Gasteiger partial charge is 0.459 e. The van der Waals surface area contributed by atoms with Crippen LogP contribution in [0.15, 0.2) is 65.3 Å². The summed E-state index contributed by atoms with van der Waals surface area (Å²) >= 11 is 0. The number of furan rings is 1. The average Bonchev–Trinajstić information content (AvgIpc) is 3.24. The minimum atomic E-state index is -0.0665. The van der Waals surface area contributed by atoms with Crippen LogP contribution in [0.1, 0.15) is 10.6 Å². The lowest BCUT2D eigenvalue weighted by atomic mass is 10.2. The number of aromatic nitrogens is 2. The van der Waals surface area contributed by atoms with E-state index >= 15 is 0 Å². The van der Waals surface area contributed by atoms with Crippen LogP contribution < -0.4 is 10.2 Å². The number of amides is 1. The van der Waals surface area contributed by atoms with Crippen molar-refractivity contribution in [1.29, 1.82) is 0 Å². The smallest absolute Gasteiger partial charge is 0.289 e. The number of nitrogens with one attached hydrogen (secondary N) is 1. The van der Waals surface area contributed by atoms with Crippen LogP contribution in [0, 0.1) is 0 Å². The van der Waals surface area contributed by atoms with Gasteiger partial charge in [0.15, 0.2) is 17.4 Å². The summed E-state index contributed by atoms with van der Waals surface area (Å²) in [6, 6.07) is 17.1. The van der Waals surface area contributed by atoms with Crippen LogP contribution in [0.25, 0.3) is 0 Å². The van der Waals surface area contributed by atoms with Crippen molar-refractivity contribution in [3.8, 4) is 0 Å². The number of carbonyl (C=O) groups is 1. The molecule has 0 spiro atoms. The highest BCUT2D eigenvalue weighted by molar-refractivity contribution is 5.91. The molecule has 1 amide bonds. The number of anilines is 3. The maximum absolute atomic E-state index is 12.3. The van der Waals surface area contributed by atoms with E-state index < -0.39 is 0 Å². The molecule has 1 N–H and O–H groups in total. The lowest BCUT2D eigenvalue weighted by Gasteiger charge is -2.34. The summed E-state index contributed by atoms with van der Waals surface area (Å²) in [6.45, 7) is 2.69. The minimum absolute atomic E-state index is 0.0665. The molecule has 2 aromatic heterocycles. The quantitative estimate of drug-likeness (QED) is 0.781. The summed E-state index contributed by atoms with van der Waals surface area (Å²) in [5, 5.41) is 11.8. The molecule has 26 heavy (non-hydrogen) atoms. The Morgan fingerprint density at radius 3 is 2.38 bits per heavy atom. The molecular weight excluding hydrogens is 330 g/mol. The van der Waals surface area contributed by atoms with Crippen LogP contribution in [0.5, 0.6) is 0 Å². The van der Waals surface area contributed by atoms with E-state index in [0.29, 0.717) is 37.8 Å². The summed E-state index contributed by atoms with van der Waals surface area (Å²) in [5.74, 6) is 1.83. The third kappa shape index (κ3) is 3.51. The first-order chi connectivity index (χ1) is 12.8. The lowest BCUT2D eigenvalue weighted by Crippen LogP contribution is -2.49. The highest BCUT2D eigenvalue weighted by atomic mass is 16.3. The van der Waals surface area contributed by atoms with E-state index in [4.69, 9.17) is 4.42 Å². The van der Waals surface area contributed by atoms with Gasteiger partial charge in [0.05, 0.1) is 6.26 Å². The highest BCUT2D eigenvalue weighted by Gasteiger charge is 2.24. The zero-order chi connectivity index (χ0) is 17.8. The normalized spacial score (nSPS) is 14.3. The van der Waals surface area contributed by atoms with Gasteiger partial charge in [-0.05, 0) is 36.4 Å². The van der Waals surface area contributed by atoms with Crippen LogP contribution in [-0.4, -0.2) is 47.2 Å². The Balaban J connectivity index is 1.35. The molecule has 0 atom stereocenters. The predicted molar refractivity (Wildman–Crippen MR) is 98.6 cm³/mol. The van der Waals surface area contributed by atoms with Crippen molar-refractivity contribution in [3.05, 3.63) is 66.6 Å². The number of piperazine rings is 1. The molecule has 7 nitrogen and oxygen atoms in total. The van der Waals surface area contributed by atoms with E-state index in [1.807, 2.05) is 42.5 Å². The summed E-state index contributed by atoms with van der Waals surface area (Å²) in [6.07, 6.45) is 1.52. The van der Waals surface area contributed by atoms with Crippen LogP contribution in [0.4, 0.5) is 17.3 Å². The number of rotatable bonds is 4. The van der Waals surface area contributed by atoms with Crippen molar-refractivity contribution in [2.75, 3.05) is 36.4 Å². The van der Waals surface area contributed by atoms with Gasteiger partial charge in [0.1, 0.15) is 0 Å². The van der Waals surface area contributed by atoms with Gasteiger partial charge in [0.25, 0.3) is 5.91 Å². The molecule has 0 radical (unpaired) electrons. The molecule has 0 unspecified atom stereocenters. The maximum atomic E-state index is 12.3. The lowest BCUT2D eigenvalue weighted by molar-refractivity contribution is 0.0714. The van der Waals surface area contributed by atoms with E-state index in [0.717, 1.165) is 11.5 Å². The Hall–Kier alpha value is -3.35. The van der Waals surface area contributed by atoms with E-state index in [9.17, 15) is 4.79 Å². The SMILES string of the molecule is O=C(c1ccco1)N1CCN(c2ccc(Nc3ccccc3)nn2)CC1. The maximum Gasteiger partial charge on any atom is 0.289 e. The Bertz CT molecular complexity index is 841. The number of carbonyl (C=O) groups excluding carboxylic acids is 1. The van der Waals surface area contributed by atoms with Crippen molar-refractivity contribution in [2.24, 2.45) is 0 Å². The van der Waals surface area contributed by atoms with Gasteiger partial charge in [-0.1, -0.05) is 18.2 Å². The zero-order valence-electron chi connectivity index (χ0n) is 14.2. The average molecular weight is 349 g/mol. The standard InChI is InChI=1S/C19H19N5O2/c25-19(16-7-4-14-26-16)24-12-10-23(11-13-24)18-9-8-17(21-22-18)20-15-5-2-1-3-6-15/h1-9,14H,10-13H2,(H,20,21). The molecule has 3 aromatic rings. The molecule has 1 saturated heterocycles. The fraction of sp³-hybridized carbons (Fsp3) is 0.211. The van der Waals surface area contributed by atoms with Crippen molar-refractivity contribution >= 4 is 23.2 Å². The van der Waals surface area contributed by atoms with Crippen molar-refractivity contribution < 1.29 is 9.21 Å². The fourth-order valence-electron chi connectivity index (χ4n) is 2.92. The van der Waals surface area contributed by atoms with Gasteiger partial charge in [-0.15, -0.1) is 10.2 Å². The molecule has 3 heterocycles. The second kappa shape index (κ2) is 7.26. The fourth-order valence-corrected chi connectivity index (χ4v) is 2.92.